The molecule has 2 aromatic rings. The monoisotopic (exact) mass is 287 g/mol. The maximum absolute atomic E-state index is 12.4. The Morgan fingerprint density at radius 2 is 2.24 bits per heavy atom. The Bertz CT molecular complexity index is 748. The highest BCUT2D eigenvalue weighted by molar-refractivity contribution is 5.96. The van der Waals surface area contributed by atoms with Gasteiger partial charge in [-0.15, -0.1) is 0 Å². The van der Waals surface area contributed by atoms with E-state index in [1.54, 1.807) is 18.2 Å². The van der Waals surface area contributed by atoms with Crippen molar-refractivity contribution in [3.05, 3.63) is 28.7 Å². The van der Waals surface area contributed by atoms with Crippen molar-refractivity contribution in [3.63, 3.8) is 0 Å². The molecule has 110 valence electrons. The van der Waals surface area contributed by atoms with Crippen LogP contribution in [0.4, 0.5) is 5.69 Å². The van der Waals surface area contributed by atoms with Crippen molar-refractivity contribution in [1.82, 2.24) is 10.3 Å². The number of carbonyl (C=O) groups excluding carboxylic acids is 1. The summed E-state index contributed by atoms with van der Waals surface area (Å²) >= 11 is 0. The topological polar surface area (TPSA) is 87.1 Å². The van der Waals surface area contributed by atoms with Crippen molar-refractivity contribution in [2.24, 2.45) is 11.8 Å². The van der Waals surface area contributed by atoms with Gasteiger partial charge in [-0.25, -0.2) is 4.79 Å². The molecule has 0 spiro atoms. The van der Waals surface area contributed by atoms with Gasteiger partial charge in [-0.3, -0.25) is 9.78 Å². The van der Waals surface area contributed by atoms with Crippen molar-refractivity contribution in [3.8, 4) is 0 Å². The van der Waals surface area contributed by atoms with Crippen LogP contribution in [0.25, 0.3) is 11.1 Å². The van der Waals surface area contributed by atoms with Gasteiger partial charge in [-0.1, -0.05) is 6.42 Å². The van der Waals surface area contributed by atoms with Crippen LogP contribution in [0.5, 0.6) is 0 Å². The molecule has 1 saturated carbocycles. The van der Waals surface area contributed by atoms with E-state index >= 15 is 0 Å². The van der Waals surface area contributed by atoms with Gasteiger partial charge in [0.15, 0.2) is 5.58 Å². The van der Waals surface area contributed by atoms with Crippen LogP contribution in [0.3, 0.4) is 0 Å². The van der Waals surface area contributed by atoms with E-state index in [-0.39, 0.29) is 11.9 Å². The van der Waals surface area contributed by atoms with Crippen molar-refractivity contribution in [2.75, 3.05) is 11.9 Å². The number of hydrogen-bond donors (Lipinski definition) is 3. The van der Waals surface area contributed by atoms with E-state index in [9.17, 15) is 9.59 Å². The molecule has 1 amide bonds. The van der Waals surface area contributed by atoms with Crippen LogP contribution in [-0.2, 0) is 4.79 Å². The minimum absolute atomic E-state index is 0.00888. The highest BCUT2D eigenvalue weighted by Gasteiger charge is 2.42. The van der Waals surface area contributed by atoms with Crippen LogP contribution in [0, 0.1) is 11.8 Å². The number of anilines is 1. The number of H-pyrrole nitrogens is 1. The quantitative estimate of drug-likeness (QED) is 0.780. The predicted molar refractivity (Wildman–Crippen MR) is 78.1 cm³/mol. The van der Waals surface area contributed by atoms with E-state index in [4.69, 9.17) is 4.42 Å². The third kappa shape index (κ3) is 2.15. The van der Waals surface area contributed by atoms with E-state index in [1.807, 2.05) is 0 Å². The summed E-state index contributed by atoms with van der Waals surface area (Å²) in [4.78, 5) is 26.2. The molecule has 3 N–H and O–H groups in total. The molecule has 1 aliphatic carbocycles. The minimum Gasteiger partial charge on any atom is -0.408 e. The van der Waals surface area contributed by atoms with Gasteiger partial charge in [0.2, 0.25) is 5.91 Å². The predicted octanol–water partition coefficient (Wildman–Crippen LogP) is 1.45. The Hall–Kier alpha value is -2.08. The van der Waals surface area contributed by atoms with Gasteiger partial charge in [-0.2, -0.15) is 0 Å². The lowest BCUT2D eigenvalue weighted by Crippen LogP contribution is -2.39. The van der Waals surface area contributed by atoms with Crippen LogP contribution in [0.2, 0.25) is 0 Å². The number of aromatic nitrogens is 1. The first kappa shape index (κ1) is 12.6. The average molecular weight is 287 g/mol. The molecule has 1 saturated heterocycles. The Morgan fingerprint density at radius 1 is 1.33 bits per heavy atom. The Kier molecular flexibility index (Phi) is 2.85. The normalized spacial score (nSPS) is 27.9. The zero-order valence-electron chi connectivity index (χ0n) is 11.5. The summed E-state index contributed by atoms with van der Waals surface area (Å²) in [5, 5.41) is 6.26. The first-order valence-electron chi connectivity index (χ1n) is 7.38. The lowest BCUT2D eigenvalue weighted by atomic mass is 9.93. The van der Waals surface area contributed by atoms with Gasteiger partial charge in [0.1, 0.15) is 0 Å². The van der Waals surface area contributed by atoms with E-state index in [0.717, 1.165) is 13.0 Å². The number of oxazole rings is 1. The molecule has 6 nitrogen and oxygen atoms in total. The maximum atomic E-state index is 12.4. The Morgan fingerprint density at radius 3 is 3.14 bits per heavy atom. The fourth-order valence-corrected chi connectivity index (χ4v) is 3.72. The second-order valence-electron chi connectivity index (χ2n) is 5.96. The van der Waals surface area contributed by atoms with E-state index in [2.05, 4.69) is 15.6 Å². The standard InChI is InChI=1S/C15H17N3O3/c19-14(13-10-3-1-2-8(10)7-16-13)17-9-4-5-12-11(6-9)18-15(20)21-12/h4-6,8,10,13,16H,1-3,7H2,(H,17,19)(H,18,20). The zero-order valence-corrected chi connectivity index (χ0v) is 11.5. The van der Waals surface area contributed by atoms with Crippen LogP contribution in [-0.4, -0.2) is 23.5 Å². The highest BCUT2D eigenvalue weighted by Crippen LogP contribution is 2.38. The molecule has 2 fully saturated rings. The summed E-state index contributed by atoms with van der Waals surface area (Å²) in [5.41, 5.74) is 1.76. The number of aromatic amines is 1. The van der Waals surface area contributed by atoms with Gasteiger partial charge in [0.05, 0.1) is 11.6 Å². The third-order valence-corrected chi connectivity index (χ3v) is 4.71. The van der Waals surface area contributed by atoms with E-state index in [0.29, 0.717) is 28.6 Å². The van der Waals surface area contributed by atoms with Crippen molar-refractivity contribution < 1.29 is 9.21 Å². The zero-order chi connectivity index (χ0) is 14.4. The average Bonchev–Trinajstić information content (AvgIpc) is 3.10. The summed E-state index contributed by atoms with van der Waals surface area (Å²) in [6, 6.07) is 5.05. The number of rotatable bonds is 2. The summed E-state index contributed by atoms with van der Waals surface area (Å²) < 4.78 is 4.95. The molecule has 0 radical (unpaired) electrons. The second-order valence-corrected chi connectivity index (χ2v) is 5.96. The number of hydrogen-bond acceptors (Lipinski definition) is 4. The molecule has 4 rings (SSSR count). The number of nitrogens with one attached hydrogen (secondary N) is 3. The molecular weight excluding hydrogens is 270 g/mol. The third-order valence-electron chi connectivity index (χ3n) is 4.71. The molecular formula is C15H17N3O3. The van der Waals surface area contributed by atoms with Crippen LogP contribution >= 0.6 is 0 Å². The largest absolute Gasteiger partial charge is 0.417 e. The number of carbonyl (C=O) groups is 1. The molecule has 2 heterocycles. The molecule has 21 heavy (non-hydrogen) atoms. The molecule has 6 heteroatoms. The molecule has 3 unspecified atom stereocenters. The first-order valence-corrected chi connectivity index (χ1v) is 7.38. The fourth-order valence-electron chi connectivity index (χ4n) is 3.72. The summed E-state index contributed by atoms with van der Waals surface area (Å²) in [6.45, 7) is 0.941. The number of benzene rings is 1. The first-order chi connectivity index (χ1) is 10.2. The van der Waals surface area contributed by atoms with Gasteiger partial charge in [0, 0.05) is 5.69 Å². The number of fused-ring (bicyclic) bond motifs is 2. The molecule has 1 aliphatic heterocycles. The van der Waals surface area contributed by atoms with Crippen molar-refractivity contribution in [2.45, 2.75) is 25.3 Å². The number of amides is 1. The molecule has 1 aromatic heterocycles. The SMILES string of the molecule is O=C(Nc1ccc2oc(=O)[nH]c2c1)C1NCC2CCCC21. The van der Waals surface area contributed by atoms with Crippen LogP contribution in [0.15, 0.2) is 27.4 Å². The lowest BCUT2D eigenvalue weighted by Gasteiger charge is -2.17. The smallest absolute Gasteiger partial charge is 0.408 e. The molecule has 0 bridgehead atoms. The minimum atomic E-state index is -0.486. The summed E-state index contributed by atoms with van der Waals surface area (Å²) in [6.07, 6.45) is 3.58. The Balaban J connectivity index is 1.53. The fraction of sp³-hybridized carbons (Fsp3) is 0.467. The van der Waals surface area contributed by atoms with Crippen LogP contribution < -0.4 is 16.4 Å². The summed E-state index contributed by atoms with van der Waals surface area (Å²) in [5.74, 6) is 0.630. The lowest BCUT2D eigenvalue weighted by molar-refractivity contribution is -0.118. The van der Waals surface area contributed by atoms with Gasteiger partial charge in [0.25, 0.3) is 0 Å². The van der Waals surface area contributed by atoms with Crippen molar-refractivity contribution >= 4 is 22.7 Å². The molecule has 1 aromatic carbocycles. The second kappa shape index (κ2) is 4.73. The van der Waals surface area contributed by atoms with E-state index < -0.39 is 5.76 Å². The van der Waals surface area contributed by atoms with Gasteiger partial charge in [-0.05, 0) is 49.4 Å². The maximum Gasteiger partial charge on any atom is 0.417 e. The summed E-state index contributed by atoms with van der Waals surface area (Å²) in [7, 11) is 0. The van der Waals surface area contributed by atoms with Crippen molar-refractivity contribution in [1.29, 1.82) is 0 Å². The van der Waals surface area contributed by atoms with Crippen LogP contribution in [0.1, 0.15) is 19.3 Å². The van der Waals surface area contributed by atoms with Gasteiger partial charge >= 0.3 is 5.76 Å². The van der Waals surface area contributed by atoms with E-state index in [1.165, 1.54) is 12.8 Å². The molecule has 2 aliphatic rings. The molecule has 3 atom stereocenters. The Labute approximate surface area is 120 Å². The van der Waals surface area contributed by atoms with Gasteiger partial charge < -0.3 is 15.1 Å². The highest BCUT2D eigenvalue weighted by atomic mass is 16.4.